The highest BCUT2D eigenvalue weighted by atomic mass is 19.2. The molecule has 0 aliphatic carbocycles. The normalized spacial score (nSPS) is 10.7. The fourth-order valence-corrected chi connectivity index (χ4v) is 1.23. The predicted molar refractivity (Wildman–Crippen MR) is 48.2 cm³/mol. The van der Waals surface area contributed by atoms with Crippen LogP contribution in [0.4, 0.5) is 13.2 Å². The van der Waals surface area contributed by atoms with Gasteiger partial charge in [0.15, 0.2) is 17.5 Å². The summed E-state index contributed by atoms with van der Waals surface area (Å²) >= 11 is 0. The first-order valence-electron chi connectivity index (χ1n) is 4.25. The molecule has 2 nitrogen and oxygen atoms in total. The van der Waals surface area contributed by atoms with Crippen molar-refractivity contribution in [2.24, 2.45) is 0 Å². The lowest BCUT2D eigenvalue weighted by molar-refractivity contribution is 0.446. The first-order chi connectivity index (χ1) is 7.08. The number of hydrogen-bond acceptors (Lipinski definition) is 1. The minimum atomic E-state index is -1.47. The van der Waals surface area contributed by atoms with Crippen LogP contribution in [-0.4, -0.2) is 9.78 Å². The minimum Gasteiger partial charge on any atom is -0.241 e. The molecule has 2 aromatic rings. The molecule has 5 heteroatoms. The summed E-state index contributed by atoms with van der Waals surface area (Å²) in [5.41, 5.74) is 0.861. The molecule has 0 spiro atoms. The molecule has 1 aromatic carbocycles. The Morgan fingerprint density at radius 2 is 1.73 bits per heavy atom. The van der Waals surface area contributed by atoms with E-state index >= 15 is 0 Å². The van der Waals surface area contributed by atoms with Crippen molar-refractivity contribution in [3.8, 4) is 5.69 Å². The van der Waals surface area contributed by atoms with E-state index in [9.17, 15) is 13.2 Å². The van der Waals surface area contributed by atoms with Gasteiger partial charge in [-0.15, -0.1) is 0 Å². The van der Waals surface area contributed by atoms with Gasteiger partial charge in [0.05, 0.1) is 11.4 Å². The van der Waals surface area contributed by atoms with E-state index in [0.29, 0.717) is 5.69 Å². The molecule has 0 unspecified atom stereocenters. The van der Waals surface area contributed by atoms with E-state index in [1.54, 1.807) is 19.2 Å². The Hall–Kier alpha value is -1.78. The van der Waals surface area contributed by atoms with E-state index < -0.39 is 17.5 Å². The minimum absolute atomic E-state index is 0.152. The maximum Gasteiger partial charge on any atom is 0.194 e. The fourth-order valence-electron chi connectivity index (χ4n) is 1.23. The largest absolute Gasteiger partial charge is 0.241 e. The lowest BCUT2D eigenvalue weighted by atomic mass is 10.3. The van der Waals surface area contributed by atoms with Crippen LogP contribution in [0.1, 0.15) is 5.69 Å². The molecule has 1 aromatic heterocycles. The first-order valence-corrected chi connectivity index (χ1v) is 4.25. The zero-order valence-electron chi connectivity index (χ0n) is 7.84. The zero-order chi connectivity index (χ0) is 11.0. The Balaban J connectivity index is 2.55. The number of halogens is 3. The van der Waals surface area contributed by atoms with Crippen molar-refractivity contribution in [3.63, 3.8) is 0 Å². The van der Waals surface area contributed by atoms with Crippen molar-refractivity contribution in [1.82, 2.24) is 9.78 Å². The second-order valence-corrected chi connectivity index (χ2v) is 3.13. The highest BCUT2D eigenvalue weighted by Crippen LogP contribution is 2.16. The third-order valence-corrected chi connectivity index (χ3v) is 1.96. The quantitative estimate of drug-likeness (QED) is 0.664. The summed E-state index contributed by atoms with van der Waals surface area (Å²) in [4.78, 5) is 0. The molecule has 1 heterocycles. The number of aryl methyl sites for hydroxylation is 1. The third-order valence-electron chi connectivity index (χ3n) is 1.96. The van der Waals surface area contributed by atoms with Gasteiger partial charge < -0.3 is 0 Å². The van der Waals surface area contributed by atoms with Gasteiger partial charge in [-0.05, 0) is 13.0 Å². The first kappa shape index (κ1) is 9.76. The topological polar surface area (TPSA) is 17.8 Å². The highest BCUT2D eigenvalue weighted by molar-refractivity contribution is 5.32. The number of nitrogens with zero attached hydrogens (tertiary/aromatic N) is 2. The van der Waals surface area contributed by atoms with Crippen LogP contribution in [0.3, 0.4) is 0 Å². The molecule has 15 heavy (non-hydrogen) atoms. The standard InChI is InChI=1S/C10H7F3N2/c1-6-2-3-15(14-6)7-4-8(11)10(13)9(12)5-7/h2-5H,1H3. The second kappa shape index (κ2) is 3.42. The van der Waals surface area contributed by atoms with E-state index in [4.69, 9.17) is 0 Å². The van der Waals surface area contributed by atoms with E-state index in [1.807, 2.05) is 0 Å². The van der Waals surface area contributed by atoms with Crippen LogP contribution in [0.15, 0.2) is 24.4 Å². The molecular weight excluding hydrogens is 205 g/mol. The Labute approximate surface area is 84.0 Å². The van der Waals surface area contributed by atoms with Gasteiger partial charge in [-0.2, -0.15) is 5.10 Å². The van der Waals surface area contributed by atoms with E-state index in [1.165, 1.54) is 4.68 Å². The van der Waals surface area contributed by atoms with E-state index in [0.717, 1.165) is 12.1 Å². The zero-order valence-corrected chi connectivity index (χ0v) is 7.84. The summed E-state index contributed by atoms with van der Waals surface area (Å²) in [6.07, 6.45) is 1.54. The Morgan fingerprint density at radius 3 is 2.20 bits per heavy atom. The maximum absolute atomic E-state index is 12.9. The van der Waals surface area contributed by atoms with Crippen LogP contribution in [0.25, 0.3) is 5.69 Å². The molecule has 0 bridgehead atoms. The van der Waals surface area contributed by atoms with Crippen LogP contribution >= 0.6 is 0 Å². The maximum atomic E-state index is 12.9. The summed E-state index contributed by atoms with van der Waals surface area (Å²) < 4.78 is 39.7. The Morgan fingerprint density at radius 1 is 1.13 bits per heavy atom. The molecule has 0 amide bonds. The van der Waals surface area contributed by atoms with Crippen molar-refractivity contribution in [2.75, 3.05) is 0 Å². The molecule has 0 radical (unpaired) electrons. The number of benzene rings is 1. The summed E-state index contributed by atoms with van der Waals surface area (Å²) in [6, 6.07) is 3.47. The van der Waals surface area contributed by atoms with Gasteiger partial charge in [0.1, 0.15) is 0 Å². The summed E-state index contributed by atoms with van der Waals surface area (Å²) in [5.74, 6) is -3.92. The lowest BCUT2D eigenvalue weighted by Crippen LogP contribution is -1.99. The third kappa shape index (κ3) is 1.72. The molecule has 2 rings (SSSR count). The van der Waals surface area contributed by atoms with Gasteiger partial charge >= 0.3 is 0 Å². The van der Waals surface area contributed by atoms with Crippen LogP contribution in [-0.2, 0) is 0 Å². The molecule has 0 aliphatic heterocycles. The number of rotatable bonds is 1. The summed E-state index contributed by atoms with van der Waals surface area (Å²) in [6.45, 7) is 1.74. The molecular formula is C10H7F3N2. The second-order valence-electron chi connectivity index (χ2n) is 3.13. The SMILES string of the molecule is Cc1ccn(-c2cc(F)c(F)c(F)c2)n1. The van der Waals surface area contributed by atoms with Gasteiger partial charge in [-0.1, -0.05) is 0 Å². The molecule has 78 valence electrons. The monoisotopic (exact) mass is 212 g/mol. The van der Waals surface area contributed by atoms with Gasteiger partial charge in [0, 0.05) is 18.3 Å². The molecule has 0 atom stereocenters. The van der Waals surface area contributed by atoms with Gasteiger partial charge in [0.2, 0.25) is 0 Å². The van der Waals surface area contributed by atoms with E-state index in [-0.39, 0.29) is 5.69 Å². The van der Waals surface area contributed by atoms with Crippen LogP contribution in [0.5, 0.6) is 0 Å². The smallest absolute Gasteiger partial charge is 0.194 e. The fraction of sp³-hybridized carbons (Fsp3) is 0.100. The average molecular weight is 212 g/mol. The van der Waals surface area contributed by atoms with Crippen molar-refractivity contribution >= 4 is 0 Å². The van der Waals surface area contributed by atoms with Gasteiger partial charge in [0.25, 0.3) is 0 Å². The predicted octanol–water partition coefficient (Wildman–Crippen LogP) is 2.60. The van der Waals surface area contributed by atoms with Crippen molar-refractivity contribution < 1.29 is 13.2 Å². The molecule has 0 fully saturated rings. The number of aromatic nitrogens is 2. The summed E-state index contributed by atoms with van der Waals surface area (Å²) in [7, 11) is 0. The van der Waals surface area contributed by atoms with Gasteiger partial charge in [-0.25, -0.2) is 17.9 Å². The van der Waals surface area contributed by atoms with Crippen LogP contribution in [0.2, 0.25) is 0 Å². The van der Waals surface area contributed by atoms with E-state index in [2.05, 4.69) is 5.10 Å². The molecule has 0 N–H and O–H groups in total. The average Bonchev–Trinajstić information content (AvgIpc) is 2.60. The van der Waals surface area contributed by atoms with Crippen molar-refractivity contribution in [2.45, 2.75) is 6.92 Å². The molecule has 0 aliphatic rings. The number of hydrogen-bond donors (Lipinski definition) is 0. The van der Waals surface area contributed by atoms with Crippen LogP contribution < -0.4 is 0 Å². The summed E-state index contributed by atoms with van der Waals surface area (Å²) in [5, 5.41) is 3.95. The lowest BCUT2D eigenvalue weighted by Gasteiger charge is -2.02. The molecule has 0 saturated heterocycles. The highest BCUT2D eigenvalue weighted by Gasteiger charge is 2.11. The van der Waals surface area contributed by atoms with Crippen molar-refractivity contribution in [3.05, 3.63) is 47.5 Å². The van der Waals surface area contributed by atoms with Crippen LogP contribution in [0, 0.1) is 24.4 Å². The Kier molecular flexibility index (Phi) is 2.22. The van der Waals surface area contributed by atoms with Gasteiger partial charge in [-0.3, -0.25) is 0 Å². The molecule has 0 saturated carbocycles. The Bertz CT molecular complexity index is 482. The van der Waals surface area contributed by atoms with Crippen molar-refractivity contribution in [1.29, 1.82) is 0 Å².